The van der Waals surface area contributed by atoms with Crippen LogP contribution in [0.3, 0.4) is 0 Å². The first-order valence-electron chi connectivity index (χ1n) is 9.77. The summed E-state index contributed by atoms with van der Waals surface area (Å²) in [5.41, 5.74) is 1.22. The van der Waals surface area contributed by atoms with Crippen molar-refractivity contribution in [2.75, 3.05) is 18.8 Å². The van der Waals surface area contributed by atoms with Crippen molar-refractivity contribution < 1.29 is 4.79 Å². The summed E-state index contributed by atoms with van der Waals surface area (Å²) in [6, 6.07) is 10.3. The molecule has 0 aliphatic carbocycles. The van der Waals surface area contributed by atoms with Crippen LogP contribution in [0.25, 0.3) is 0 Å². The van der Waals surface area contributed by atoms with E-state index >= 15 is 0 Å². The predicted molar refractivity (Wildman–Crippen MR) is 112 cm³/mol. The Kier molecular flexibility index (Phi) is 8.35. The Morgan fingerprint density at radius 2 is 1.70 bits per heavy atom. The first-order valence-corrected chi connectivity index (χ1v) is 10.8. The van der Waals surface area contributed by atoms with Gasteiger partial charge in [0, 0.05) is 26.1 Å². The second-order valence-electron chi connectivity index (χ2n) is 7.68. The van der Waals surface area contributed by atoms with Crippen LogP contribution < -0.4 is 0 Å². The van der Waals surface area contributed by atoms with Crippen LogP contribution in [-0.4, -0.2) is 44.4 Å². The number of benzene rings is 1. The lowest BCUT2D eigenvalue weighted by Crippen LogP contribution is -2.38. The van der Waals surface area contributed by atoms with Crippen LogP contribution in [0.15, 0.2) is 35.5 Å². The molecule has 148 valence electrons. The number of aromatic nitrogens is 3. The maximum absolute atomic E-state index is 12.7. The second-order valence-corrected chi connectivity index (χ2v) is 8.62. The van der Waals surface area contributed by atoms with Gasteiger partial charge in [0.2, 0.25) is 5.91 Å². The van der Waals surface area contributed by atoms with Crippen molar-refractivity contribution in [3.63, 3.8) is 0 Å². The van der Waals surface area contributed by atoms with Crippen LogP contribution in [0.1, 0.15) is 46.0 Å². The number of nitrogens with zero attached hydrogens (tertiary/aromatic N) is 4. The van der Waals surface area contributed by atoms with Crippen molar-refractivity contribution in [3.05, 3.63) is 41.7 Å². The van der Waals surface area contributed by atoms with E-state index in [2.05, 4.69) is 61.5 Å². The van der Waals surface area contributed by atoms with Gasteiger partial charge in [-0.15, -0.1) is 10.2 Å². The lowest BCUT2D eigenvalue weighted by Gasteiger charge is -2.26. The molecule has 0 aliphatic rings. The average molecular weight is 389 g/mol. The highest BCUT2D eigenvalue weighted by atomic mass is 32.2. The van der Waals surface area contributed by atoms with E-state index in [0.29, 0.717) is 17.6 Å². The van der Waals surface area contributed by atoms with Crippen LogP contribution >= 0.6 is 11.8 Å². The number of carbonyl (C=O) groups excluding carboxylic acids is 1. The third-order valence-corrected chi connectivity index (χ3v) is 5.11. The minimum Gasteiger partial charge on any atom is -0.341 e. The SMILES string of the molecule is CCn1c(Cc2ccccc2)nnc1SCC(=O)N(CC(C)C)CC(C)C. The smallest absolute Gasteiger partial charge is 0.233 e. The molecular formula is C21H32N4OS. The van der Waals surface area contributed by atoms with E-state index in [1.807, 2.05) is 23.1 Å². The molecule has 0 saturated carbocycles. The summed E-state index contributed by atoms with van der Waals surface area (Å²) in [6.07, 6.45) is 0.753. The van der Waals surface area contributed by atoms with Crippen LogP contribution in [0.2, 0.25) is 0 Å². The Morgan fingerprint density at radius 1 is 1.07 bits per heavy atom. The Labute approximate surface area is 167 Å². The van der Waals surface area contributed by atoms with E-state index in [1.54, 1.807) is 0 Å². The first kappa shape index (κ1) is 21.5. The Hall–Kier alpha value is -1.82. The highest BCUT2D eigenvalue weighted by Crippen LogP contribution is 2.20. The van der Waals surface area contributed by atoms with Gasteiger partial charge in [-0.1, -0.05) is 69.8 Å². The molecule has 2 rings (SSSR count). The molecule has 1 amide bonds. The maximum Gasteiger partial charge on any atom is 0.233 e. The molecule has 1 aromatic carbocycles. The molecule has 0 bridgehead atoms. The summed E-state index contributed by atoms with van der Waals surface area (Å²) in [4.78, 5) is 14.7. The van der Waals surface area contributed by atoms with E-state index in [4.69, 9.17) is 0 Å². The van der Waals surface area contributed by atoms with Gasteiger partial charge in [0.1, 0.15) is 5.82 Å². The van der Waals surface area contributed by atoms with Gasteiger partial charge in [0.25, 0.3) is 0 Å². The van der Waals surface area contributed by atoms with E-state index in [1.165, 1.54) is 17.3 Å². The number of thioether (sulfide) groups is 1. The molecule has 0 fully saturated rings. The maximum atomic E-state index is 12.7. The predicted octanol–water partition coefficient (Wildman–Crippen LogP) is 4.12. The Bertz CT molecular complexity index is 702. The number of hydrogen-bond donors (Lipinski definition) is 0. The minimum atomic E-state index is 0.178. The normalized spacial score (nSPS) is 11.4. The minimum absolute atomic E-state index is 0.178. The van der Waals surface area contributed by atoms with Gasteiger partial charge < -0.3 is 9.47 Å². The molecule has 0 spiro atoms. The number of amides is 1. The summed E-state index contributed by atoms with van der Waals surface area (Å²) in [6.45, 7) is 13.1. The third kappa shape index (κ3) is 6.69. The van der Waals surface area contributed by atoms with E-state index in [-0.39, 0.29) is 5.91 Å². The molecule has 1 heterocycles. The molecule has 0 unspecified atom stereocenters. The zero-order valence-corrected chi connectivity index (χ0v) is 18.0. The molecule has 0 aliphatic heterocycles. The summed E-state index contributed by atoms with van der Waals surface area (Å²) < 4.78 is 2.11. The van der Waals surface area contributed by atoms with Gasteiger partial charge in [0.15, 0.2) is 5.16 Å². The topological polar surface area (TPSA) is 51.0 Å². The molecule has 1 aromatic heterocycles. The average Bonchev–Trinajstić information content (AvgIpc) is 3.00. The van der Waals surface area contributed by atoms with Crippen LogP contribution in [0.4, 0.5) is 0 Å². The summed E-state index contributed by atoms with van der Waals surface area (Å²) in [5, 5.41) is 9.54. The lowest BCUT2D eigenvalue weighted by atomic mass is 10.1. The summed E-state index contributed by atoms with van der Waals surface area (Å²) in [7, 11) is 0. The fraction of sp³-hybridized carbons (Fsp3) is 0.571. The van der Waals surface area contributed by atoms with Gasteiger partial charge in [0.05, 0.1) is 5.75 Å². The fourth-order valence-corrected chi connectivity index (χ4v) is 3.95. The van der Waals surface area contributed by atoms with Gasteiger partial charge in [-0.3, -0.25) is 4.79 Å². The first-order chi connectivity index (χ1) is 12.9. The standard InChI is InChI=1S/C21H32N4OS/c1-6-25-19(12-18-10-8-7-9-11-18)22-23-21(25)27-15-20(26)24(13-16(2)3)14-17(4)5/h7-11,16-17H,6,12-15H2,1-5H3. The molecule has 2 aromatic rings. The molecule has 0 radical (unpaired) electrons. The van der Waals surface area contributed by atoms with Crippen molar-refractivity contribution in [2.24, 2.45) is 11.8 Å². The largest absolute Gasteiger partial charge is 0.341 e. The van der Waals surface area contributed by atoms with Gasteiger partial charge >= 0.3 is 0 Å². The molecular weight excluding hydrogens is 356 g/mol. The quantitative estimate of drug-likeness (QED) is 0.575. The Morgan fingerprint density at radius 3 is 2.26 bits per heavy atom. The summed E-state index contributed by atoms with van der Waals surface area (Å²) in [5.74, 6) is 2.46. The van der Waals surface area contributed by atoms with E-state index < -0.39 is 0 Å². The zero-order chi connectivity index (χ0) is 19.8. The highest BCUT2D eigenvalue weighted by Gasteiger charge is 2.19. The monoisotopic (exact) mass is 388 g/mol. The fourth-order valence-electron chi connectivity index (χ4n) is 3.03. The molecule has 6 heteroatoms. The lowest BCUT2D eigenvalue weighted by molar-refractivity contribution is -0.129. The van der Waals surface area contributed by atoms with Gasteiger partial charge in [-0.25, -0.2) is 0 Å². The Balaban J connectivity index is 2.03. The number of hydrogen-bond acceptors (Lipinski definition) is 4. The van der Waals surface area contributed by atoms with Crippen molar-refractivity contribution in [2.45, 2.75) is 52.7 Å². The number of rotatable bonds is 10. The van der Waals surface area contributed by atoms with Crippen molar-refractivity contribution >= 4 is 17.7 Å². The van der Waals surface area contributed by atoms with E-state index in [9.17, 15) is 4.79 Å². The van der Waals surface area contributed by atoms with Crippen LogP contribution in [0.5, 0.6) is 0 Å². The molecule has 27 heavy (non-hydrogen) atoms. The second kappa shape index (κ2) is 10.5. The van der Waals surface area contributed by atoms with Crippen molar-refractivity contribution in [1.82, 2.24) is 19.7 Å². The van der Waals surface area contributed by atoms with E-state index in [0.717, 1.165) is 37.0 Å². The van der Waals surface area contributed by atoms with Crippen molar-refractivity contribution in [3.8, 4) is 0 Å². The van der Waals surface area contributed by atoms with Crippen LogP contribution in [0, 0.1) is 11.8 Å². The zero-order valence-electron chi connectivity index (χ0n) is 17.2. The number of carbonyl (C=O) groups is 1. The van der Waals surface area contributed by atoms with Crippen molar-refractivity contribution in [1.29, 1.82) is 0 Å². The highest BCUT2D eigenvalue weighted by molar-refractivity contribution is 7.99. The van der Waals surface area contributed by atoms with Gasteiger partial charge in [-0.05, 0) is 24.3 Å². The summed E-state index contributed by atoms with van der Waals surface area (Å²) >= 11 is 1.49. The molecule has 0 N–H and O–H groups in total. The molecule has 0 atom stereocenters. The van der Waals surface area contributed by atoms with Gasteiger partial charge in [-0.2, -0.15) is 0 Å². The third-order valence-electron chi connectivity index (χ3n) is 4.16. The molecule has 5 nitrogen and oxygen atoms in total. The molecule has 0 saturated heterocycles. The van der Waals surface area contributed by atoms with Crippen LogP contribution in [-0.2, 0) is 17.8 Å².